The Morgan fingerprint density at radius 3 is 2.46 bits per heavy atom. The highest BCUT2D eigenvalue weighted by molar-refractivity contribution is 5.83. The molecule has 1 rings (SSSR count). The molecular weight excluding hydrogens is 302 g/mol. The molecule has 0 spiro atoms. The van der Waals surface area contributed by atoms with Crippen molar-refractivity contribution >= 4 is 11.9 Å². The second-order valence-electron chi connectivity index (χ2n) is 7.27. The van der Waals surface area contributed by atoms with Crippen molar-refractivity contribution in [2.75, 3.05) is 39.8 Å². The number of guanidine groups is 1. The molecule has 0 atom stereocenters. The number of hydrogen-bond acceptors (Lipinski definition) is 3. The lowest BCUT2D eigenvalue weighted by Gasteiger charge is -2.33. The van der Waals surface area contributed by atoms with Gasteiger partial charge in [0.2, 0.25) is 5.91 Å². The third kappa shape index (κ3) is 7.07. The number of hydrogen-bond donors (Lipinski definition) is 3. The van der Waals surface area contributed by atoms with Gasteiger partial charge in [-0.1, -0.05) is 13.3 Å². The Labute approximate surface area is 147 Å². The molecule has 3 N–H and O–H groups in total. The molecule has 6 heteroatoms. The zero-order valence-electron chi connectivity index (χ0n) is 16.2. The van der Waals surface area contributed by atoms with Gasteiger partial charge in [-0.25, -0.2) is 0 Å². The minimum atomic E-state index is -0.499. The largest absolute Gasteiger partial charge is 0.359 e. The smallest absolute Gasteiger partial charge is 0.227 e. The van der Waals surface area contributed by atoms with E-state index in [0.717, 1.165) is 38.4 Å². The first-order chi connectivity index (χ1) is 11.4. The maximum Gasteiger partial charge on any atom is 0.227 e. The number of rotatable bonds is 8. The summed E-state index contributed by atoms with van der Waals surface area (Å²) in [6.07, 6.45) is 4.84. The first-order valence-electron chi connectivity index (χ1n) is 9.42. The van der Waals surface area contributed by atoms with Crippen molar-refractivity contribution < 1.29 is 4.79 Å². The van der Waals surface area contributed by atoms with E-state index in [9.17, 15) is 4.79 Å². The van der Waals surface area contributed by atoms with Gasteiger partial charge in [-0.2, -0.15) is 0 Å². The molecule has 140 valence electrons. The van der Waals surface area contributed by atoms with E-state index in [0.29, 0.717) is 12.6 Å². The maximum absolute atomic E-state index is 11.9. The fourth-order valence-electron chi connectivity index (χ4n) is 2.88. The number of carbonyl (C=O) groups excluding carboxylic acids is 1. The minimum Gasteiger partial charge on any atom is -0.359 e. The summed E-state index contributed by atoms with van der Waals surface area (Å²) >= 11 is 0. The highest BCUT2D eigenvalue weighted by atomic mass is 16.2. The molecular formula is C18H37N5O. The predicted molar refractivity (Wildman–Crippen MR) is 101 cm³/mol. The van der Waals surface area contributed by atoms with E-state index in [1.165, 1.54) is 19.4 Å². The molecule has 1 aliphatic heterocycles. The van der Waals surface area contributed by atoms with E-state index in [1.807, 2.05) is 13.8 Å². The highest BCUT2D eigenvalue weighted by Gasteiger charge is 2.26. The molecule has 1 heterocycles. The van der Waals surface area contributed by atoms with E-state index >= 15 is 0 Å². The summed E-state index contributed by atoms with van der Waals surface area (Å²) in [4.78, 5) is 19.1. The van der Waals surface area contributed by atoms with Gasteiger partial charge >= 0.3 is 0 Å². The topological polar surface area (TPSA) is 68.8 Å². The van der Waals surface area contributed by atoms with E-state index in [1.54, 1.807) is 7.05 Å². The van der Waals surface area contributed by atoms with Gasteiger partial charge in [-0.15, -0.1) is 0 Å². The second-order valence-corrected chi connectivity index (χ2v) is 7.27. The summed E-state index contributed by atoms with van der Waals surface area (Å²) in [5.74, 6) is 0.841. The predicted octanol–water partition coefficient (Wildman–Crippen LogP) is 1.58. The maximum atomic E-state index is 11.9. The molecule has 0 aliphatic carbocycles. The van der Waals surface area contributed by atoms with Crippen LogP contribution in [-0.2, 0) is 4.79 Å². The van der Waals surface area contributed by atoms with Gasteiger partial charge in [0.05, 0.1) is 12.0 Å². The van der Waals surface area contributed by atoms with Crippen LogP contribution in [0.3, 0.4) is 0 Å². The van der Waals surface area contributed by atoms with Crippen molar-refractivity contribution in [1.82, 2.24) is 20.9 Å². The van der Waals surface area contributed by atoms with Crippen molar-refractivity contribution in [2.24, 2.45) is 10.4 Å². The quantitative estimate of drug-likeness (QED) is 0.464. The molecule has 0 unspecified atom stereocenters. The molecule has 0 aromatic heterocycles. The molecule has 24 heavy (non-hydrogen) atoms. The summed E-state index contributed by atoms with van der Waals surface area (Å²) in [6.45, 7) is 13.0. The second kappa shape index (κ2) is 10.5. The first kappa shape index (κ1) is 20.7. The van der Waals surface area contributed by atoms with Crippen LogP contribution in [0.15, 0.2) is 4.99 Å². The Balaban J connectivity index is 2.51. The Morgan fingerprint density at radius 1 is 1.25 bits per heavy atom. The number of unbranched alkanes of at least 4 members (excludes halogenated alkanes) is 1. The summed E-state index contributed by atoms with van der Waals surface area (Å²) in [5, 5.41) is 9.55. The van der Waals surface area contributed by atoms with Crippen LogP contribution in [0.4, 0.5) is 0 Å². The van der Waals surface area contributed by atoms with E-state index in [2.05, 4.69) is 39.7 Å². The Hall–Kier alpha value is -1.30. The molecule has 0 radical (unpaired) electrons. The molecule has 0 aromatic carbocycles. The fraction of sp³-hybridized carbons (Fsp3) is 0.889. The van der Waals surface area contributed by atoms with Crippen molar-refractivity contribution in [3.63, 3.8) is 0 Å². The average molecular weight is 340 g/mol. The van der Waals surface area contributed by atoms with Crippen molar-refractivity contribution in [3.8, 4) is 0 Å². The van der Waals surface area contributed by atoms with E-state index in [-0.39, 0.29) is 5.91 Å². The molecule has 1 aliphatic rings. The molecule has 1 saturated heterocycles. The van der Waals surface area contributed by atoms with Gasteiger partial charge in [0, 0.05) is 32.7 Å². The molecule has 0 aromatic rings. The molecule has 0 saturated carbocycles. The van der Waals surface area contributed by atoms with E-state index in [4.69, 9.17) is 0 Å². The van der Waals surface area contributed by atoms with Gasteiger partial charge < -0.3 is 20.9 Å². The van der Waals surface area contributed by atoms with Crippen LogP contribution in [0.25, 0.3) is 0 Å². The summed E-state index contributed by atoms with van der Waals surface area (Å²) in [7, 11) is 1.67. The average Bonchev–Trinajstić information content (AvgIpc) is 2.58. The van der Waals surface area contributed by atoms with Gasteiger partial charge in [0.15, 0.2) is 5.96 Å². The van der Waals surface area contributed by atoms with E-state index < -0.39 is 5.41 Å². The van der Waals surface area contributed by atoms with Crippen LogP contribution in [0, 0.1) is 5.41 Å². The SMILES string of the molecule is CCCCN1CCC(NC(=NCC(C)(C)C(=O)NC)NCC)CC1. The van der Waals surface area contributed by atoms with Crippen molar-refractivity contribution in [1.29, 1.82) is 0 Å². The lowest BCUT2D eigenvalue weighted by molar-refractivity contribution is -0.128. The molecule has 0 bridgehead atoms. The first-order valence-corrected chi connectivity index (χ1v) is 9.42. The van der Waals surface area contributed by atoms with Crippen LogP contribution < -0.4 is 16.0 Å². The highest BCUT2D eigenvalue weighted by Crippen LogP contribution is 2.15. The summed E-state index contributed by atoms with van der Waals surface area (Å²) in [5.41, 5.74) is -0.499. The van der Waals surface area contributed by atoms with Gasteiger partial charge in [0.25, 0.3) is 0 Å². The monoisotopic (exact) mass is 339 g/mol. The minimum absolute atomic E-state index is 0.0198. The normalized spacial score (nSPS) is 17.6. The number of piperidine rings is 1. The molecule has 1 amide bonds. The Kier molecular flexibility index (Phi) is 9.11. The third-order valence-electron chi connectivity index (χ3n) is 4.57. The van der Waals surface area contributed by atoms with Crippen LogP contribution >= 0.6 is 0 Å². The fourth-order valence-corrected chi connectivity index (χ4v) is 2.88. The number of likely N-dealkylation sites (tertiary alicyclic amines) is 1. The van der Waals surface area contributed by atoms with Crippen molar-refractivity contribution in [2.45, 2.75) is 59.4 Å². The zero-order chi connectivity index (χ0) is 18.0. The van der Waals surface area contributed by atoms with Crippen molar-refractivity contribution in [3.05, 3.63) is 0 Å². The van der Waals surface area contributed by atoms with Crippen LogP contribution in [0.5, 0.6) is 0 Å². The molecule has 6 nitrogen and oxygen atoms in total. The number of nitrogens with one attached hydrogen (secondary N) is 3. The van der Waals surface area contributed by atoms with Gasteiger partial charge in [0.1, 0.15) is 0 Å². The Bertz CT molecular complexity index is 400. The number of carbonyl (C=O) groups is 1. The van der Waals surface area contributed by atoms with Gasteiger partial charge in [-0.3, -0.25) is 9.79 Å². The third-order valence-corrected chi connectivity index (χ3v) is 4.57. The summed E-state index contributed by atoms with van der Waals surface area (Å²) < 4.78 is 0. The standard InChI is InChI=1S/C18H37N5O/c1-6-8-11-23-12-9-15(10-13-23)22-17(20-7-2)21-14-18(3,4)16(24)19-5/h15H,6-14H2,1-5H3,(H,19,24)(H2,20,21,22). The van der Waals surface area contributed by atoms with Crippen LogP contribution in [0.1, 0.15) is 53.4 Å². The van der Waals surface area contributed by atoms with Gasteiger partial charge in [-0.05, 0) is 46.6 Å². The van der Waals surface area contributed by atoms with Crippen LogP contribution in [-0.4, -0.2) is 62.6 Å². The lowest BCUT2D eigenvalue weighted by atomic mass is 9.93. The summed E-state index contributed by atoms with van der Waals surface area (Å²) in [6, 6.07) is 0.462. The number of nitrogens with zero attached hydrogens (tertiary/aromatic N) is 2. The lowest BCUT2D eigenvalue weighted by Crippen LogP contribution is -2.49. The Morgan fingerprint density at radius 2 is 1.92 bits per heavy atom. The van der Waals surface area contributed by atoms with Crippen LogP contribution in [0.2, 0.25) is 0 Å². The number of amides is 1. The number of aliphatic imine (C=N–C) groups is 1. The zero-order valence-corrected chi connectivity index (χ0v) is 16.2. The molecule has 1 fully saturated rings.